The molecule has 0 bridgehead atoms. The van der Waals surface area contributed by atoms with Gasteiger partial charge in [0, 0.05) is 10.6 Å². The van der Waals surface area contributed by atoms with E-state index in [4.69, 9.17) is 21.1 Å². The van der Waals surface area contributed by atoms with E-state index < -0.39 is 0 Å². The lowest BCUT2D eigenvalue weighted by Gasteiger charge is -2.12. The van der Waals surface area contributed by atoms with Crippen molar-refractivity contribution in [2.45, 2.75) is 20.8 Å². The molecule has 3 aromatic carbocycles. The molecule has 164 valence electrons. The van der Waals surface area contributed by atoms with Gasteiger partial charge in [-0.15, -0.1) is 0 Å². The first-order valence-corrected chi connectivity index (χ1v) is 11.6. The first-order valence-electron chi connectivity index (χ1n) is 10.4. The van der Waals surface area contributed by atoms with Crippen molar-refractivity contribution in [1.82, 2.24) is 5.32 Å². The van der Waals surface area contributed by atoms with Crippen molar-refractivity contribution in [3.63, 3.8) is 0 Å². The number of rotatable bonds is 6. The molecule has 1 aliphatic heterocycles. The number of carbonyl (C=O) groups excluding carboxylic acids is 1. The Balaban J connectivity index is 1.76. The summed E-state index contributed by atoms with van der Waals surface area (Å²) in [5.41, 5.74) is 2.43. The molecule has 0 atom stereocenters. The lowest BCUT2D eigenvalue weighted by molar-refractivity contribution is -0.115. The fraction of sp³-hybridized carbons (Fsp3) is 0.200. The summed E-state index contributed by atoms with van der Waals surface area (Å²) in [5, 5.41) is 5.99. The van der Waals surface area contributed by atoms with Crippen LogP contribution < -0.4 is 14.8 Å². The van der Waals surface area contributed by atoms with Crippen LogP contribution in [0.2, 0.25) is 5.02 Å². The first kappa shape index (κ1) is 22.2. The van der Waals surface area contributed by atoms with Gasteiger partial charge in [0.1, 0.15) is 11.5 Å². The number of ether oxygens (including phenoxy) is 2. The molecule has 0 aliphatic carbocycles. The normalized spacial score (nSPS) is 16.1. The van der Waals surface area contributed by atoms with E-state index in [0.29, 0.717) is 34.1 Å². The van der Waals surface area contributed by atoms with Crippen molar-refractivity contribution in [1.29, 1.82) is 0 Å². The first-order chi connectivity index (χ1) is 15.5. The Kier molecular flexibility index (Phi) is 6.72. The van der Waals surface area contributed by atoms with Crippen LogP contribution in [0.3, 0.4) is 0 Å². The molecule has 5 nitrogen and oxygen atoms in total. The highest BCUT2D eigenvalue weighted by Crippen LogP contribution is 2.36. The Hall–Kier alpha value is -2.96. The number of benzene rings is 3. The van der Waals surface area contributed by atoms with E-state index in [1.807, 2.05) is 75.4 Å². The van der Waals surface area contributed by atoms with Crippen LogP contribution in [0.15, 0.2) is 58.4 Å². The van der Waals surface area contributed by atoms with Gasteiger partial charge in [0.15, 0.2) is 5.17 Å². The quantitative estimate of drug-likeness (QED) is 0.422. The fourth-order valence-electron chi connectivity index (χ4n) is 3.43. The summed E-state index contributed by atoms with van der Waals surface area (Å²) in [5.74, 6) is 1.29. The fourth-order valence-corrected chi connectivity index (χ4v) is 4.41. The van der Waals surface area contributed by atoms with Crippen LogP contribution >= 0.6 is 23.4 Å². The Bertz CT molecular complexity index is 1250. The number of carbonyl (C=O) groups is 1. The number of amidine groups is 1. The van der Waals surface area contributed by atoms with E-state index in [1.165, 1.54) is 11.8 Å². The predicted octanol–water partition coefficient (Wildman–Crippen LogP) is 6.49. The van der Waals surface area contributed by atoms with E-state index >= 15 is 0 Å². The molecular weight excluding hydrogens is 444 g/mol. The Morgan fingerprint density at radius 1 is 1.09 bits per heavy atom. The Morgan fingerprint density at radius 3 is 2.66 bits per heavy atom. The average molecular weight is 467 g/mol. The molecule has 0 unspecified atom stereocenters. The summed E-state index contributed by atoms with van der Waals surface area (Å²) in [6.45, 7) is 6.89. The molecule has 0 radical (unpaired) electrons. The predicted molar refractivity (Wildman–Crippen MR) is 133 cm³/mol. The van der Waals surface area contributed by atoms with Crippen molar-refractivity contribution in [3.05, 3.63) is 69.6 Å². The number of nitrogens with zero attached hydrogens (tertiary/aromatic N) is 1. The minimum absolute atomic E-state index is 0.200. The molecule has 1 heterocycles. The molecule has 1 N–H and O–H groups in total. The zero-order valence-corrected chi connectivity index (χ0v) is 19.6. The summed E-state index contributed by atoms with van der Waals surface area (Å²) in [7, 11) is 0. The highest BCUT2D eigenvalue weighted by Gasteiger charge is 2.25. The van der Waals surface area contributed by atoms with Crippen molar-refractivity contribution in [3.8, 4) is 11.5 Å². The number of hydrogen-bond acceptors (Lipinski definition) is 5. The maximum atomic E-state index is 12.7. The summed E-state index contributed by atoms with van der Waals surface area (Å²) in [4.78, 5) is 17.9. The maximum Gasteiger partial charge on any atom is 0.264 e. The molecular formula is C25H23ClN2O3S. The molecule has 32 heavy (non-hydrogen) atoms. The lowest BCUT2D eigenvalue weighted by Crippen LogP contribution is -2.19. The number of nitrogens with one attached hydrogen (secondary N) is 1. The lowest BCUT2D eigenvalue weighted by atomic mass is 10.0. The van der Waals surface area contributed by atoms with Crippen LogP contribution in [-0.4, -0.2) is 24.3 Å². The smallest absolute Gasteiger partial charge is 0.264 e. The molecule has 1 fully saturated rings. The summed E-state index contributed by atoms with van der Waals surface area (Å²) in [6, 6.07) is 15.4. The van der Waals surface area contributed by atoms with Crippen molar-refractivity contribution in [2.75, 3.05) is 13.2 Å². The summed E-state index contributed by atoms with van der Waals surface area (Å²) < 4.78 is 11.6. The topological polar surface area (TPSA) is 59.9 Å². The van der Waals surface area contributed by atoms with E-state index in [2.05, 4.69) is 10.3 Å². The Morgan fingerprint density at radius 2 is 1.88 bits per heavy atom. The summed E-state index contributed by atoms with van der Waals surface area (Å²) in [6.07, 6.45) is 1.86. The van der Waals surface area contributed by atoms with Gasteiger partial charge in [-0.1, -0.05) is 29.8 Å². The van der Waals surface area contributed by atoms with Gasteiger partial charge in [0.05, 0.1) is 23.8 Å². The van der Waals surface area contributed by atoms with Crippen molar-refractivity contribution < 1.29 is 14.3 Å². The molecule has 0 saturated carbocycles. The second-order valence-corrected chi connectivity index (χ2v) is 8.53. The molecule has 4 rings (SSSR count). The zero-order valence-electron chi connectivity index (χ0n) is 18.1. The molecule has 0 aromatic heterocycles. The third-order valence-electron chi connectivity index (χ3n) is 4.99. The van der Waals surface area contributed by atoms with Gasteiger partial charge < -0.3 is 14.8 Å². The molecule has 0 spiro atoms. The SMILES string of the molecule is CCOc1ccc2ccc(OCC)c(C=C3SC(=Nc4cccc(Cl)c4C)NC3=O)c2c1. The molecule has 1 aliphatic rings. The number of halogens is 1. The third-order valence-corrected chi connectivity index (χ3v) is 6.31. The van der Waals surface area contributed by atoms with E-state index in [9.17, 15) is 4.79 Å². The molecule has 7 heteroatoms. The minimum Gasteiger partial charge on any atom is -0.494 e. The number of aliphatic imine (C=N–C) groups is 1. The zero-order chi connectivity index (χ0) is 22.7. The average Bonchev–Trinajstić information content (AvgIpc) is 3.12. The monoisotopic (exact) mass is 466 g/mol. The van der Waals surface area contributed by atoms with Gasteiger partial charge >= 0.3 is 0 Å². The van der Waals surface area contributed by atoms with Gasteiger partial charge in [-0.2, -0.15) is 0 Å². The van der Waals surface area contributed by atoms with E-state index in [0.717, 1.165) is 33.3 Å². The van der Waals surface area contributed by atoms with Gasteiger partial charge in [0.2, 0.25) is 0 Å². The third kappa shape index (κ3) is 4.61. The standard InChI is InChI=1S/C25H23ClN2O3S/c1-4-30-17-11-9-16-10-12-22(31-5-2)19(18(16)13-17)14-23-24(29)28-25(32-23)27-21-8-6-7-20(26)15(21)3/h6-14H,4-5H2,1-3H3,(H,27,28,29). The van der Waals surface area contributed by atoms with Crippen LogP contribution in [0.4, 0.5) is 5.69 Å². The van der Waals surface area contributed by atoms with Gasteiger partial charge in [-0.3, -0.25) is 4.79 Å². The van der Waals surface area contributed by atoms with Crippen LogP contribution in [0, 0.1) is 6.92 Å². The molecule has 3 aromatic rings. The highest BCUT2D eigenvalue weighted by atomic mass is 35.5. The number of hydrogen-bond donors (Lipinski definition) is 1. The number of amides is 1. The molecule has 1 saturated heterocycles. The van der Waals surface area contributed by atoms with Crippen LogP contribution in [-0.2, 0) is 4.79 Å². The van der Waals surface area contributed by atoms with Crippen molar-refractivity contribution in [2.24, 2.45) is 4.99 Å². The molecule has 1 amide bonds. The highest BCUT2D eigenvalue weighted by molar-refractivity contribution is 8.18. The minimum atomic E-state index is -0.200. The number of thioether (sulfide) groups is 1. The van der Waals surface area contributed by atoms with E-state index in [1.54, 1.807) is 0 Å². The Labute approximate surface area is 196 Å². The second kappa shape index (κ2) is 9.67. The summed E-state index contributed by atoms with van der Waals surface area (Å²) >= 11 is 7.50. The van der Waals surface area contributed by atoms with Crippen LogP contribution in [0.25, 0.3) is 16.8 Å². The van der Waals surface area contributed by atoms with Gasteiger partial charge in [-0.25, -0.2) is 4.99 Å². The van der Waals surface area contributed by atoms with Crippen LogP contribution in [0.5, 0.6) is 11.5 Å². The number of fused-ring (bicyclic) bond motifs is 1. The maximum absolute atomic E-state index is 12.7. The van der Waals surface area contributed by atoms with Gasteiger partial charge in [-0.05, 0) is 85.3 Å². The van der Waals surface area contributed by atoms with Gasteiger partial charge in [0.25, 0.3) is 5.91 Å². The van der Waals surface area contributed by atoms with Crippen LogP contribution in [0.1, 0.15) is 25.0 Å². The second-order valence-electron chi connectivity index (χ2n) is 7.09. The largest absolute Gasteiger partial charge is 0.494 e. The van der Waals surface area contributed by atoms with E-state index in [-0.39, 0.29) is 5.91 Å². The van der Waals surface area contributed by atoms with Crippen molar-refractivity contribution >= 4 is 57.0 Å².